The summed E-state index contributed by atoms with van der Waals surface area (Å²) in [6, 6.07) is 87.1. The van der Waals surface area contributed by atoms with Gasteiger partial charge in [-0.2, -0.15) is 0 Å². The first-order valence-electron chi connectivity index (χ1n) is 20.5. The van der Waals surface area contributed by atoms with E-state index in [1.54, 1.807) is 0 Å². The highest BCUT2D eigenvalue weighted by Gasteiger charge is 2.39. The number of anilines is 9. The van der Waals surface area contributed by atoms with Crippen molar-refractivity contribution in [3.63, 3.8) is 0 Å². The van der Waals surface area contributed by atoms with Crippen LogP contribution in [0.3, 0.4) is 0 Å². The smallest absolute Gasteiger partial charge is 0.148 e. The Morgan fingerprint density at radius 2 is 0.733 bits per heavy atom. The molecule has 11 rings (SSSR count). The van der Waals surface area contributed by atoms with E-state index in [0.29, 0.717) is 0 Å². The van der Waals surface area contributed by atoms with E-state index >= 15 is 0 Å². The van der Waals surface area contributed by atoms with Crippen LogP contribution in [0.15, 0.2) is 243 Å². The number of aromatic nitrogens is 1. The number of rotatable bonds is 8. The molecule has 0 bridgehead atoms. The quantitative estimate of drug-likeness (QED) is 0.153. The summed E-state index contributed by atoms with van der Waals surface area (Å²) in [5.74, 6) is 1.08. The fraction of sp³-hybridized carbons (Fsp3) is 0. The summed E-state index contributed by atoms with van der Waals surface area (Å²) in [4.78, 5) is 7.36. The molecule has 0 spiro atoms. The van der Waals surface area contributed by atoms with Crippen molar-refractivity contribution in [2.75, 3.05) is 14.7 Å². The highest BCUT2D eigenvalue weighted by molar-refractivity contribution is 6.15. The molecular weight excluding hydrogens is 729 g/mol. The van der Waals surface area contributed by atoms with Crippen LogP contribution in [0.4, 0.5) is 51.3 Å². The van der Waals surface area contributed by atoms with Crippen molar-refractivity contribution in [1.29, 1.82) is 0 Å². The van der Waals surface area contributed by atoms with Crippen LogP contribution >= 0.6 is 0 Å². The monoisotopic (exact) mass is 768 g/mol. The molecule has 0 atom stereocenters. The van der Waals surface area contributed by atoms with Gasteiger partial charge in [-0.1, -0.05) is 164 Å². The molecule has 4 heteroatoms. The van der Waals surface area contributed by atoms with E-state index in [1.165, 1.54) is 22.3 Å². The Morgan fingerprint density at radius 3 is 1.27 bits per heavy atom. The van der Waals surface area contributed by atoms with Gasteiger partial charge in [0, 0.05) is 33.8 Å². The first-order chi connectivity index (χ1) is 29.8. The highest BCUT2D eigenvalue weighted by Crippen LogP contribution is 2.61. The molecule has 284 valence electrons. The van der Waals surface area contributed by atoms with Gasteiger partial charge in [-0.25, -0.2) is 0 Å². The molecule has 0 radical (unpaired) electrons. The van der Waals surface area contributed by atoms with Crippen molar-refractivity contribution < 1.29 is 0 Å². The van der Waals surface area contributed by atoms with E-state index in [9.17, 15) is 0 Å². The molecule has 0 unspecified atom stereocenters. The third-order valence-corrected chi connectivity index (χ3v) is 11.5. The van der Waals surface area contributed by atoms with Gasteiger partial charge in [-0.05, 0) is 101 Å². The van der Waals surface area contributed by atoms with Gasteiger partial charge in [0.25, 0.3) is 0 Å². The normalized spacial score (nSPS) is 11.9. The van der Waals surface area contributed by atoms with E-state index < -0.39 is 0 Å². The van der Waals surface area contributed by atoms with Crippen molar-refractivity contribution in [2.24, 2.45) is 0 Å². The van der Waals surface area contributed by atoms with Crippen LogP contribution in [-0.4, -0.2) is 4.57 Å². The van der Waals surface area contributed by atoms with E-state index in [4.69, 9.17) is 0 Å². The van der Waals surface area contributed by atoms with Crippen LogP contribution in [0.1, 0.15) is 0 Å². The summed E-state index contributed by atoms with van der Waals surface area (Å²) in [6.45, 7) is 0. The zero-order valence-electron chi connectivity index (χ0n) is 32.9. The molecule has 0 N–H and O–H groups in total. The molecule has 60 heavy (non-hydrogen) atoms. The van der Waals surface area contributed by atoms with E-state index in [2.05, 4.69) is 262 Å². The highest BCUT2D eigenvalue weighted by atomic mass is 15.4. The SMILES string of the molecule is c1ccc(-c2ccc(N(c3ccc(-c4ccccc4)cc3)c3cccc4c3N(c3ccccc3)c3c(n(-c5ccccc5)c5ccccc35)N4c3ccccc3)cc2)cc1. The molecule has 10 aromatic rings. The Kier molecular flexibility index (Phi) is 8.79. The maximum absolute atomic E-state index is 2.49. The van der Waals surface area contributed by atoms with Crippen molar-refractivity contribution in [3.05, 3.63) is 243 Å². The maximum atomic E-state index is 2.49. The first kappa shape index (κ1) is 35.1. The minimum absolute atomic E-state index is 1.05. The molecule has 1 aromatic heterocycles. The first-order valence-corrected chi connectivity index (χ1v) is 20.5. The van der Waals surface area contributed by atoms with Gasteiger partial charge in [-0.3, -0.25) is 9.47 Å². The van der Waals surface area contributed by atoms with Gasteiger partial charge in [0.15, 0.2) is 0 Å². The Morgan fingerprint density at radius 1 is 0.300 bits per heavy atom. The Hall–Kier alpha value is -8.08. The Bertz CT molecular complexity index is 2970. The maximum Gasteiger partial charge on any atom is 0.148 e. The van der Waals surface area contributed by atoms with Gasteiger partial charge in [0.05, 0.1) is 28.3 Å². The summed E-state index contributed by atoms with van der Waals surface area (Å²) in [6.07, 6.45) is 0. The predicted molar refractivity (Wildman–Crippen MR) is 252 cm³/mol. The van der Waals surface area contributed by atoms with E-state index in [0.717, 1.165) is 67.9 Å². The summed E-state index contributed by atoms with van der Waals surface area (Å²) in [5, 5.41) is 1.16. The largest absolute Gasteiger partial charge is 0.308 e. The van der Waals surface area contributed by atoms with Gasteiger partial charge >= 0.3 is 0 Å². The van der Waals surface area contributed by atoms with Gasteiger partial charge in [0.2, 0.25) is 0 Å². The molecule has 9 aromatic carbocycles. The lowest BCUT2D eigenvalue weighted by molar-refractivity contribution is 1.05. The van der Waals surface area contributed by atoms with Crippen molar-refractivity contribution >= 4 is 62.2 Å². The zero-order chi connectivity index (χ0) is 39.8. The lowest BCUT2D eigenvalue weighted by atomic mass is 10.0. The third-order valence-electron chi connectivity index (χ3n) is 11.5. The van der Waals surface area contributed by atoms with E-state index in [1.807, 2.05) is 0 Å². The molecule has 0 saturated heterocycles. The Balaban J connectivity index is 1.21. The molecule has 0 fully saturated rings. The van der Waals surface area contributed by atoms with E-state index in [-0.39, 0.29) is 0 Å². The van der Waals surface area contributed by atoms with Crippen LogP contribution in [0, 0.1) is 0 Å². The molecule has 1 aliphatic heterocycles. The third kappa shape index (κ3) is 6.02. The van der Waals surface area contributed by atoms with Crippen LogP contribution in [0.2, 0.25) is 0 Å². The summed E-state index contributed by atoms with van der Waals surface area (Å²) < 4.78 is 2.42. The second kappa shape index (κ2) is 15.0. The molecule has 4 nitrogen and oxygen atoms in total. The topological polar surface area (TPSA) is 14.7 Å². The summed E-state index contributed by atoms with van der Waals surface area (Å²) >= 11 is 0. The summed E-state index contributed by atoms with van der Waals surface area (Å²) in [5.41, 5.74) is 15.6. The predicted octanol–water partition coefficient (Wildman–Crippen LogP) is 15.7. The molecule has 0 amide bonds. The van der Waals surface area contributed by atoms with Gasteiger partial charge in [-0.15, -0.1) is 0 Å². The molecule has 0 saturated carbocycles. The van der Waals surface area contributed by atoms with Crippen molar-refractivity contribution in [3.8, 4) is 27.9 Å². The number of hydrogen-bond donors (Lipinski definition) is 0. The number of hydrogen-bond acceptors (Lipinski definition) is 3. The molecule has 0 aliphatic carbocycles. The standard InChI is InChI=1S/C56H40N4/c1-6-19-41(20-7-1)43-33-37-48(38-34-43)57(49-39-35-44(36-40-49)42-21-8-2-9-22-42)52-31-18-32-53-55(52)60(47-27-14-5-15-28-47)54-50-29-16-17-30-51(50)58(45-23-10-3-11-24-45)56(54)59(53)46-25-12-4-13-26-46/h1-40H. The fourth-order valence-electron chi connectivity index (χ4n) is 8.78. The van der Waals surface area contributed by atoms with Crippen LogP contribution in [0.25, 0.3) is 38.8 Å². The average Bonchev–Trinajstić information content (AvgIpc) is 3.67. The van der Waals surface area contributed by atoms with Crippen LogP contribution in [0.5, 0.6) is 0 Å². The minimum Gasteiger partial charge on any atom is -0.308 e. The fourth-order valence-corrected chi connectivity index (χ4v) is 8.78. The minimum atomic E-state index is 1.05. The molecule has 1 aliphatic rings. The van der Waals surface area contributed by atoms with Crippen molar-refractivity contribution in [2.45, 2.75) is 0 Å². The van der Waals surface area contributed by atoms with Crippen LogP contribution in [-0.2, 0) is 0 Å². The molecule has 2 heterocycles. The number of nitrogens with zero attached hydrogens (tertiary/aromatic N) is 4. The molecular formula is C56H40N4. The average molecular weight is 769 g/mol. The number of para-hydroxylation sites is 5. The zero-order valence-corrected chi connectivity index (χ0v) is 32.9. The number of fused-ring (bicyclic) bond motifs is 4. The van der Waals surface area contributed by atoms with Crippen molar-refractivity contribution in [1.82, 2.24) is 4.57 Å². The van der Waals surface area contributed by atoms with Crippen LogP contribution < -0.4 is 14.7 Å². The number of benzene rings is 9. The second-order valence-corrected chi connectivity index (χ2v) is 15.0. The second-order valence-electron chi connectivity index (χ2n) is 15.0. The van der Waals surface area contributed by atoms with Gasteiger partial charge in [0.1, 0.15) is 5.82 Å². The van der Waals surface area contributed by atoms with Gasteiger partial charge < -0.3 is 9.80 Å². The summed E-state index contributed by atoms with van der Waals surface area (Å²) in [7, 11) is 0. The Labute approximate surface area is 350 Å². The lowest BCUT2D eigenvalue weighted by Gasteiger charge is -2.42. The lowest BCUT2D eigenvalue weighted by Crippen LogP contribution is -2.27.